The molecular weight excluding hydrogens is 418 g/mol. The van der Waals surface area contributed by atoms with Crippen LogP contribution in [0.4, 0.5) is 0 Å². The largest absolute Gasteiger partial charge is 0.508 e. The van der Waals surface area contributed by atoms with Gasteiger partial charge in [0.05, 0.1) is 0 Å². The van der Waals surface area contributed by atoms with Crippen LogP contribution in [-0.2, 0) is 6.54 Å². The number of phenolic OH excluding ortho intramolecular Hbond substituents is 1. The van der Waals surface area contributed by atoms with Crippen LogP contribution in [0.3, 0.4) is 0 Å². The van der Waals surface area contributed by atoms with Gasteiger partial charge in [-0.2, -0.15) is 0 Å². The molecule has 0 atom stereocenters. The Bertz CT molecular complexity index is 1320. The fraction of sp³-hybridized carbons (Fsp3) is 0.333. The molecule has 4 nitrogen and oxygen atoms in total. The van der Waals surface area contributed by atoms with Gasteiger partial charge < -0.3 is 15.0 Å². The van der Waals surface area contributed by atoms with Crippen LogP contribution in [-0.4, -0.2) is 53.1 Å². The van der Waals surface area contributed by atoms with E-state index in [0.29, 0.717) is 5.75 Å². The predicted molar refractivity (Wildman–Crippen MR) is 142 cm³/mol. The van der Waals surface area contributed by atoms with Crippen molar-refractivity contribution >= 4 is 17.2 Å². The average molecular weight is 454 g/mol. The molecule has 1 fully saturated rings. The third-order valence-corrected chi connectivity index (χ3v) is 7.26. The summed E-state index contributed by atoms with van der Waals surface area (Å²) in [5.74, 6) is 0.296. The summed E-state index contributed by atoms with van der Waals surface area (Å²) < 4.78 is 0. The van der Waals surface area contributed by atoms with E-state index < -0.39 is 0 Å². The summed E-state index contributed by atoms with van der Waals surface area (Å²) >= 11 is 0. The number of rotatable bonds is 4. The first-order valence-electron chi connectivity index (χ1n) is 12.4. The smallest absolute Gasteiger partial charge is 0.116 e. The molecule has 2 N–H and O–H groups in total. The first-order valence-corrected chi connectivity index (χ1v) is 12.4. The van der Waals surface area contributed by atoms with Crippen LogP contribution in [0.2, 0.25) is 0 Å². The molecule has 0 bridgehead atoms. The molecular formula is C30H35N3O. The van der Waals surface area contributed by atoms with Crippen LogP contribution in [0, 0.1) is 6.92 Å². The van der Waals surface area contributed by atoms with E-state index in [9.17, 15) is 5.11 Å². The first kappa shape index (κ1) is 22.7. The van der Waals surface area contributed by atoms with Crippen molar-refractivity contribution in [3.63, 3.8) is 0 Å². The highest BCUT2D eigenvalue weighted by Crippen LogP contribution is 2.25. The average Bonchev–Trinajstić information content (AvgIpc) is 3.14. The molecule has 1 aliphatic carbocycles. The number of likely N-dealkylation sites (N-methyl/N-ethyl adjacent to an activating group) is 1. The molecule has 34 heavy (non-hydrogen) atoms. The fourth-order valence-electron chi connectivity index (χ4n) is 5.21. The van der Waals surface area contributed by atoms with Gasteiger partial charge in [-0.15, -0.1) is 0 Å². The Morgan fingerprint density at radius 2 is 1.71 bits per heavy atom. The molecule has 176 valence electrons. The Kier molecular flexibility index (Phi) is 6.44. The summed E-state index contributed by atoms with van der Waals surface area (Å²) in [6.07, 6.45) is 6.76. The molecule has 4 heteroatoms. The number of aromatic hydroxyl groups is 1. The molecule has 3 aromatic rings. The van der Waals surface area contributed by atoms with Crippen molar-refractivity contribution in [2.24, 2.45) is 0 Å². The number of H-pyrrole nitrogens is 1. The van der Waals surface area contributed by atoms with Crippen LogP contribution in [0.1, 0.15) is 36.6 Å². The highest BCUT2D eigenvalue weighted by Gasteiger charge is 2.15. The molecule has 0 radical (unpaired) electrons. The van der Waals surface area contributed by atoms with Gasteiger partial charge in [-0.3, -0.25) is 4.90 Å². The van der Waals surface area contributed by atoms with Crippen molar-refractivity contribution in [3.05, 3.63) is 82.0 Å². The Balaban J connectivity index is 1.51. The van der Waals surface area contributed by atoms with E-state index in [1.807, 2.05) is 12.1 Å². The Labute approximate surface area is 202 Å². The summed E-state index contributed by atoms with van der Waals surface area (Å²) in [6.45, 7) is 9.95. The topological polar surface area (TPSA) is 42.5 Å². The van der Waals surface area contributed by atoms with Gasteiger partial charge >= 0.3 is 0 Å². The maximum Gasteiger partial charge on any atom is 0.116 e. The minimum absolute atomic E-state index is 0.296. The number of nitrogens with one attached hydrogen (secondary N) is 1. The SMILES string of the molecule is CC1=c2[nH]c(C)c(-c3cccc(O)c3)c2=CC(c2ccc(CN3CCN(C)CC3)cc2)=CCC1. The van der Waals surface area contributed by atoms with E-state index in [-0.39, 0.29) is 0 Å². The molecule has 5 rings (SSSR count). The zero-order valence-corrected chi connectivity index (χ0v) is 20.6. The van der Waals surface area contributed by atoms with E-state index in [1.165, 1.54) is 38.4 Å². The van der Waals surface area contributed by atoms with Gasteiger partial charge in [-0.1, -0.05) is 42.5 Å². The lowest BCUT2D eigenvalue weighted by molar-refractivity contribution is 0.148. The van der Waals surface area contributed by atoms with Gasteiger partial charge in [-0.05, 0) is 79.8 Å². The first-order chi connectivity index (χ1) is 16.5. The van der Waals surface area contributed by atoms with E-state index in [1.54, 1.807) is 6.07 Å². The zero-order chi connectivity index (χ0) is 23.7. The monoisotopic (exact) mass is 453 g/mol. The summed E-state index contributed by atoms with van der Waals surface area (Å²) in [6, 6.07) is 16.7. The number of piperazine rings is 1. The predicted octanol–water partition coefficient (Wildman–Crippen LogP) is 4.27. The second kappa shape index (κ2) is 9.65. The minimum Gasteiger partial charge on any atom is -0.508 e. The summed E-state index contributed by atoms with van der Waals surface area (Å²) in [7, 11) is 2.20. The Morgan fingerprint density at radius 1 is 0.941 bits per heavy atom. The molecule has 0 spiro atoms. The van der Waals surface area contributed by atoms with Crippen LogP contribution in [0.5, 0.6) is 5.75 Å². The number of allylic oxidation sites excluding steroid dienone is 2. The van der Waals surface area contributed by atoms with E-state index in [2.05, 4.69) is 78.2 Å². The van der Waals surface area contributed by atoms with Crippen LogP contribution >= 0.6 is 0 Å². The molecule has 0 unspecified atom stereocenters. The van der Waals surface area contributed by atoms with Crippen molar-refractivity contribution in [2.75, 3.05) is 33.2 Å². The number of hydrogen-bond acceptors (Lipinski definition) is 3. The number of nitrogens with zero attached hydrogens (tertiary/aromatic N) is 2. The van der Waals surface area contributed by atoms with Crippen molar-refractivity contribution < 1.29 is 5.11 Å². The number of hydrogen-bond donors (Lipinski definition) is 2. The molecule has 0 saturated carbocycles. The number of aryl methyl sites for hydroxylation is 1. The number of phenols is 1. The molecule has 2 heterocycles. The minimum atomic E-state index is 0.296. The molecule has 1 aromatic heterocycles. The van der Waals surface area contributed by atoms with Crippen molar-refractivity contribution in [1.82, 2.24) is 14.8 Å². The molecule has 1 saturated heterocycles. The molecule has 1 aliphatic heterocycles. The Hall–Kier alpha value is -3.08. The molecule has 0 amide bonds. The second-order valence-electron chi connectivity index (χ2n) is 9.86. The van der Waals surface area contributed by atoms with Gasteiger partial charge in [0.25, 0.3) is 0 Å². The number of benzene rings is 2. The highest BCUT2D eigenvalue weighted by molar-refractivity contribution is 5.90. The van der Waals surface area contributed by atoms with Crippen molar-refractivity contribution in [1.29, 1.82) is 0 Å². The van der Waals surface area contributed by atoms with Crippen LogP contribution < -0.4 is 10.6 Å². The standard InChI is InChI=1S/C30H35N3O/c1-21-6-4-7-25(24-12-10-23(11-13-24)20-33-16-14-32(3)15-17-33)19-28-29(22(2)31-30(21)28)26-8-5-9-27(34)18-26/h5,7-13,18-19,31,34H,4,6,14-17,20H2,1-3H3. The lowest BCUT2D eigenvalue weighted by atomic mass is 9.95. The van der Waals surface area contributed by atoms with E-state index in [0.717, 1.165) is 56.8 Å². The third-order valence-electron chi connectivity index (χ3n) is 7.26. The van der Waals surface area contributed by atoms with Crippen molar-refractivity contribution in [2.45, 2.75) is 33.2 Å². The Morgan fingerprint density at radius 3 is 2.44 bits per heavy atom. The molecule has 2 aromatic carbocycles. The van der Waals surface area contributed by atoms with Gasteiger partial charge in [-0.25, -0.2) is 0 Å². The quantitative estimate of drug-likeness (QED) is 0.620. The summed E-state index contributed by atoms with van der Waals surface area (Å²) in [5.41, 5.74) is 8.62. The maximum absolute atomic E-state index is 10.1. The normalized spacial score (nSPS) is 17.5. The van der Waals surface area contributed by atoms with E-state index >= 15 is 0 Å². The van der Waals surface area contributed by atoms with Gasteiger partial charge in [0.1, 0.15) is 5.75 Å². The number of fused-ring (bicyclic) bond motifs is 1. The van der Waals surface area contributed by atoms with Crippen LogP contribution in [0.25, 0.3) is 28.3 Å². The number of aromatic amines is 1. The van der Waals surface area contributed by atoms with Crippen LogP contribution in [0.15, 0.2) is 54.6 Å². The summed E-state index contributed by atoms with van der Waals surface area (Å²) in [5, 5.41) is 12.5. The van der Waals surface area contributed by atoms with Gasteiger partial charge in [0, 0.05) is 54.5 Å². The lowest BCUT2D eigenvalue weighted by Crippen LogP contribution is -2.43. The van der Waals surface area contributed by atoms with Crippen molar-refractivity contribution in [3.8, 4) is 16.9 Å². The zero-order valence-electron chi connectivity index (χ0n) is 20.6. The summed E-state index contributed by atoms with van der Waals surface area (Å²) in [4.78, 5) is 8.59. The fourth-order valence-corrected chi connectivity index (χ4v) is 5.21. The van der Waals surface area contributed by atoms with Gasteiger partial charge in [0.2, 0.25) is 0 Å². The third kappa shape index (κ3) is 4.75. The molecule has 2 aliphatic rings. The van der Waals surface area contributed by atoms with Gasteiger partial charge in [0.15, 0.2) is 0 Å². The lowest BCUT2D eigenvalue weighted by Gasteiger charge is -2.32. The maximum atomic E-state index is 10.1. The number of aromatic nitrogens is 1. The van der Waals surface area contributed by atoms with E-state index in [4.69, 9.17) is 0 Å². The second-order valence-corrected chi connectivity index (χ2v) is 9.86. The highest BCUT2D eigenvalue weighted by atomic mass is 16.3.